The number of aliphatic imine (C=N–C) groups is 1. The molecule has 0 bridgehead atoms. The van der Waals surface area contributed by atoms with Crippen LogP contribution in [0.3, 0.4) is 0 Å². The maximum absolute atomic E-state index is 13.4. The number of nitrogens with two attached hydrogens (primary N) is 1. The number of nitrogens with one attached hydrogen (secondary N) is 1. The number of aryl methyl sites for hydroxylation is 1. The quantitative estimate of drug-likeness (QED) is 0.624. The van der Waals surface area contributed by atoms with Crippen LogP contribution in [0.25, 0.3) is 0 Å². The summed E-state index contributed by atoms with van der Waals surface area (Å²) >= 11 is 0. The summed E-state index contributed by atoms with van der Waals surface area (Å²) in [7, 11) is 0. The van der Waals surface area contributed by atoms with Crippen molar-refractivity contribution < 1.29 is 4.79 Å². The summed E-state index contributed by atoms with van der Waals surface area (Å²) in [6, 6.07) is 10.1. The zero-order valence-electron chi connectivity index (χ0n) is 20.5. The van der Waals surface area contributed by atoms with Crippen molar-refractivity contribution in [1.29, 1.82) is 0 Å². The molecule has 2 aliphatic heterocycles. The molecule has 0 radical (unpaired) electrons. The van der Waals surface area contributed by atoms with Gasteiger partial charge in [0.2, 0.25) is 0 Å². The van der Waals surface area contributed by atoms with E-state index in [0.29, 0.717) is 12.5 Å². The molecule has 5 rings (SSSR count). The fourth-order valence-electron chi connectivity index (χ4n) is 5.81. The first kappa shape index (κ1) is 23.1. The summed E-state index contributed by atoms with van der Waals surface area (Å²) in [6.07, 6.45) is 14.4. The molecule has 1 aliphatic carbocycles. The first-order valence-corrected chi connectivity index (χ1v) is 13.0. The largest absolute Gasteiger partial charge is 0.364 e. The predicted molar refractivity (Wildman–Crippen MR) is 138 cm³/mol. The normalized spacial score (nSPS) is 22.4. The molecule has 5 nitrogen and oxygen atoms in total. The van der Waals surface area contributed by atoms with Crippen molar-refractivity contribution in [3.05, 3.63) is 70.7 Å². The molecular formula is C29H38N4O. The predicted octanol–water partition coefficient (Wildman–Crippen LogP) is 5.62. The third-order valence-corrected chi connectivity index (χ3v) is 8.05. The van der Waals surface area contributed by atoms with E-state index in [1.807, 2.05) is 24.3 Å². The van der Waals surface area contributed by atoms with Gasteiger partial charge in [-0.1, -0.05) is 24.1 Å². The van der Waals surface area contributed by atoms with Crippen LogP contribution in [0.15, 0.2) is 53.3 Å². The second-order valence-corrected chi connectivity index (χ2v) is 10.8. The Morgan fingerprint density at radius 2 is 2.00 bits per heavy atom. The Labute approximate surface area is 203 Å². The van der Waals surface area contributed by atoms with Crippen LogP contribution in [0.1, 0.15) is 85.5 Å². The van der Waals surface area contributed by atoms with Crippen LogP contribution in [-0.4, -0.2) is 34.6 Å². The first-order chi connectivity index (χ1) is 16.5. The fourth-order valence-corrected chi connectivity index (χ4v) is 5.81. The smallest absolute Gasteiger partial charge is 0.253 e. The highest BCUT2D eigenvalue weighted by Gasteiger charge is 2.46. The minimum Gasteiger partial charge on any atom is -0.364 e. The van der Waals surface area contributed by atoms with Crippen molar-refractivity contribution in [2.75, 3.05) is 13.1 Å². The van der Waals surface area contributed by atoms with Gasteiger partial charge in [0.15, 0.2) is 0 Å². The number of allylic oxidation sites excluding steroid dienone is 1. The van der Waals surface area contributed by atoms with Gasteiger partial charge in [-0.15, -0.1) is 0 Å². The average Bonchev–Trinajstić information content (AvgIpc) is 3.41. The van der Waals surface area contributed by atoms with Gasteiger partial charge < -0.3 is 15.6 Å². The van der Waals surface area contributed by atoms with Crippen molar-refractivity contribution in [1.82, 2.24) is 9.88 Å². The minimum absolute atomic E-state index is 0.176. The number of H-pyrrole nitrogens is 1. The SMILES string of the molecule is CC1=CN=C(CC2CCCCN(C(=O)c3ccc(CN)cc3)CC3(CC3)C2)c2cc[nH]c2CC1. The van der Waals surface area contributed by atoms with E-state index in [1.165, 1.54) is 54.6 Å². The highest BCUT2D eigenvalue weighted by atomic mass is 16.2. The van der Waals surface area contributed by atoms with Gasteiger partial charge in [0.05, 0.1) is 0 Å². The number of hydrogen-bond donors (Lipinski definition) is 2. The molecule has 3 heterocycles. The number of fused-ring (bicyclic) bond motifs is 1. The van der Waals surface area contributed by atoms with Gasteiger partial charge in [-0.2, -0.15) is 0 Å². The fraction of sp³-hybridized carbons (Fsp3) is 0.517. The molecule has 5 heteroatoms. The van der Waals surface area contributed by atoms with Crippen molar-refractivity contribution >= 4 is 11.6 Å². The van der Waals surface area contributed by atoms with E-state index in [4.69, 9.17) is 10.7 Å². The number of aromatic nitrogens is 1. The first-order valence-electron chi connectivity index (χ1n) is 13.0. The van der Waals surface area contributed by atoms with Gasteiger partial charge in [0.1, 0.15) is 0 Å². The molecule has 1 saturated carbocycles. The molecular weight excluding hydrogens is 420 g/mol. The Morgan fingerprint density at radius 1 is 1.18 bits per heavy atom. The number of amides is 1. The summed E-state index contributed by atoms with van der Waals surface area (Å²) in [5.41, 5.74) is 13.1. The molecule has 3 aliphatic rings. The maximum atomic E-state index is 13.4. The van der Waals surface area contributed by atoms with Gasteiger partial charge >= 0.3 is 0 Å². The molecule has 1 aromatic carbocycles. The molecule has 180 valence electrons. The van der Waals surface area contributed by atoms with Crippen molar-refractivity contribution in [3.8, 4) is 0 Å². The van der Waals surface area contributed by atoms with Gasteiger partial charge in [-0.05, 0) is 93.4 Å². The lowest BCUT2D eigenvalue weighted by Gasteiger charge is -2.29. The standard InChI is InChI=1S/C29H38N4O/c1-21-5-10-26-25(11-14-31-26)27(32-19-21)16-23-4-2-3-15-33(20-29(17-23)12-13-29)28(34)24-8-6-22(18-30)7-9-24/h6-9,11,14,19,23,31H,2-5,10,12-13,15-18,20,30H2,1H3. The van der Waals surface area contributed by atoms with E-state index in [2.05, 4.69) is 35.3 Å². The third kappa shape index (κ3) is 5.20. The summed E-state index contributed by atoms with van der Waals surface area (Å²) in [6.45, 7) is 4.44. The highest BCUT2D eigenvalue weighted by molar-refractivity contribution is 6.02. The molecule has 1 saturated heterocycles. The topological polar surface area (TPSA) is 74.5 Å². The van der Waals surface area contributed by atoms with Crippen molar-refractivity contribution in [3.63, 3.8) is 0 Å². The van der Waals surface area contributed by atoms with Crippen LogP contribution in [-0.2, 0) is 13.0 Å². The molecule has 2 fully saturated rings. The van der Waals surface area contributed by atoms with Gasteiger partial charge in [-0.3, -0.25) is 9.79 Å². The molecule has 1 unspecified atom stereocenters. The van der Waals surface area contributed by atoms with Crippen LogP contribution < -0.4 is 5.73 Å². The molecule has 1 aromatic heterocycles. The van der Waals surface area contributed by atoms with Crippen LogP contribution in [0, 0.1) is 11.3 Å². The molecule has 34 heavy (non-hydrogen) atoms. The molecule has 1 amide bonds. The van der Waals surface area contributed by atoms with Crippen LogP contribution >= 0.6 is 0 Å². The van der Waals surface area contributed by atoms with Gasteiger partial charge in [0.25, 0.3) is 5.91 Å². The number of hydrogen-bond acceptors (Lipinski definition) is 3. The Balaban J connectivity index is 1.31. The second kappa shape index (κ2) is 9.91. The van der Waals surface area contributed by atoms with E-state index in [9.17, 15) is 4.79 Å². The Bertz CT molecular complexity index is 1070. The number of benzene rings is 1. The number of rotatable bonds is 4. The average molecular weight is 459 g/mol. The lowest BCUT2D eigenvalue weighted by molar-refractivity contribution is 0.0712. The van der Waals surface area contributed by atoms with Gasteiger partial charge in [0, 0.05) is 54.6 Å². The number of aromatic amines is 1. The van der Waals surface area contributed by atoms with Crippen LogP contribution in [0.5, 0.6) is 0 Å². The maximum Gasteiger partial charge on any atom is 0.253 e. The molecule has 1 spiro atoms. The lowest BCUT2D eigenvalue weighted by atomic mass is 9.83. The second-order valence-electron chi connectivity index (χ2n) is 10.8. The van der Waals surface area contributed by atoms with Crippen molar-refractivity contribution in [2.24, 2.45) is 22.1 Å². The summed E-state index contributed by atoms with van der Waals surface area (Å²) in [4.78, 5) is 23.9. The van der Waals surface area contributed by atoms with Crippen LogP contribution in [0.2, 0.25) is 0 Å². The highest BCUT2D eigenvalue weighted by Crippen LogP contribution is 2.53. The van der Waals surface area contributed by atoms with E-state index < -0.39 is 0 Å². The molecule has 3 N–H and O–H groups in total. The lowest BCUT2D eigenvalue weighted by Crippen LogP contribution is -2.37. The monoisotopic (exact) mass is 458 g/mol. The Hall–Kier alpha value is -2.66. The number of carbonyl (C=O) groups is 1. The summed E-state index contributed by atoms with van der Waals surface area (Å²) < 4.78 is 0. The van der Waals surface area contributed by atoms with E-state index in [-0.39, 0.29) is 11.3 Å². The van der Waals surface area contributed by atoms with E-state index in [1.54, 1.807) is 0 Å². The molecule has 1 atom stereocenters. The van der Waals surface area contributed by atoms with Crippen LogP contribution in [0.4, 0.5) is 0 Å². The number of carbonyl (C=O) groups excluding carboxylic acids is 1. The Kier molecular flexibility index (Phi) is 6.73. The van der Waals surface area contributed by atoms with E-state index >= 15 is 0 Å². The Morgan fingerprint density at radius 3 is 2.76 bits per heavy atom. The van der Waals surface area contributed by atoms with Crippen molar-refractivity contribution in [2.45, 2.75) is 71.3 Å². The zero-order chi connectivity index (χ0) is 23.5. The molecule has 2 aromatic rings. The van der Waals surface area contributed by atoms with E-state index in [0.717, 1.165) is 49.9 Å². The van der Waals surface area contributed by atoms with Gasteiger partial charge in [-0.25, -0.2) is 0 Å². The summed E-state index contributed by atoms with van der Waals surface area (Å²) in [5.74, 6) is 0.797. The summed E-state index contributed by atoms with van der Waals surface area (Å²) in [5, 5.41) is 0. The third-order valence-electron chi connectivity index (χ3n) is 8.05. The zero-order valence-corrected chi connectivity index (χ0v) is 20.5. The number of nitrogens with zero attached hydrogens (tertiary/aromatic N) is 2. The minimum atomic E-state index is 0.176.